The number of ether oxygens (including phenoxy) is 1. The number of tetrazole rings is 1. The van der Waals surface area contributed by atoms with Gasteiger partial charge in [-0.1, -0.05) is 54.6 Å². The fourth-order valence-corrected chi connectivity index (χ4v) is 3.36. The van der Waals surface area contributed by atoms with Crippen molar-refractivity contribution in [2.75, 3.05) is 11.9 Å². The summed E-state index contributed by atoms with van der Waals surface area (Å²) in [6.07, 6.45) is -4.51. The van der Waals surface area contributed by atoms with Crippen LogP contribution in [0.5, 0.6) is 5.75 Å². The molecule has 0 aliphatic rings. The molecule has 0 radical (unpaired) electrons. The summed E-state index contributed by atoms with van der Waals surface area (Å²) in [5.74, 6) is 0.00209. The Morgan fingerprint density at radius 2 is 1.76 bits per heavy atom. The lowest BCUT2D eigenvalue weighted by Gasteiger charge is -2.17. The molecule has 174 valence electrons. The third-order valence-electron chi connectivity index (χ3n) is 4.92. The summed E-state index contributed by atoms with van der Waals surface area (Å²) in [6, 6.07) is 19.3. The average molecular weight is 467 g/mol. The lowest BCUT2D eigenvalue weighted by molar-refractivity contribution is -0.137. The van der Waals surface area contributed by atoms with Crippen LogP contribution in [0.3, 0.4) is 0 Å². The second-order valence-electron chi connectivity index (χ2n) is 7.24. The van der Waals surface area contributed by atoms with Crippen LogP contribution in [0.2, 0.25) is 0 Å². The second-order valence-corrected chi connectivity index (χ2v) is 7.24. The molecule has 0 spiro atoms. The molecule has 7 nitrogen and oxygen atoms in total. The number of anilines is 1. The average Bonchev–Trinajstić information content (AvgIpc) is 3.31. The summed E-state index contributed by atoms with van der Waals surface area (Å²) >= 11 is 0. The molecule has 0 unspecified atom stereocenters. The van der Waals surface area contributed by atoms with E-state index in [1.54, 1.807) is 54.6 Å². The van der Waals surface area contributed by atoms with Crippen molar-refractivity contribution in [2.24, 2.45) is 0 Å². The standard InChI is InChI=1S/C24H20F3N5O2/c1-2-34-20-14-7-6-13-19(20)28-23(33)21(16-9-4-3-5-10-16)32-30-22(29-31-32)17-11-8-12-18(15-17)24(25,26)27/h3-15,21H,2H2,1H3,(H,28,33)/t21-/m1/s1. The predicted octanol–water partition coefficient (Wildman–Crippen LogP) is 4.99. The number of halogens is 3. The minimum atomic E-state index is -4.51. The van der Waals surface area contributed by atoms with Gasteiger partial charge in [-0.05, 0) is 42.0 Å². The van der Waals surface area contributed by atoms with Crippen molar-refractivity contribution in [3.63, 3.8) is 0 Å². The number of para-hydroxylation sites is 2. The third kappa shape index (κ3) is 5.06. The summed E-state index contributed by atoms with van der Waals surface area (Å²) < 4.78 is 44.9. The van der Waals surface area contributed by atoms with Gasteiger partial charge in [0.05, 0.1) is 17.9 Å². The maximum absolute atomic E-state index is 13.4. The number of hydrogen-bond acceptors (Lipinski definition) is 5. The van der Waals surface area contributed by atoms with Crippen LogP contribution < -0.4 is 10.1 Å². The quantitative estimate of drug-likeness (QED) is 0.414. The summed E-state index contributed by atoms with van der Waals surface area (Å²) in [5, 5.41) is 15.0. The number of nitrogens with one attached hydrogen (secondary N) is 1. The van der Waals surface area contributed by atoms with Gasteiger partial charge in [0.2, 0.25) is 5.82 Å². The van der Waals surface area contributed by atoms with Gasteiger partial charge in [0, 0.05) is 5.56 Å². The fraction of sp³-hybridized carbons (Fsp3) is 0.167. The topological polar surface area (TPSA) is 81.9 Å². The number of nitrogens with zero attached hydrogens (tertiary/aromatic N) is 4. The first-order valence-electron chi connectivity index (χ1n) is 10.4. The molecule has 0 saturated carbocycles. The van der Waals surface area contributed by atoms with Gasteiger partial charge in [0.15, 0.2) is 6.04 Å². The lowest BCUT2D eigenvalue weighted by atomic mass is 10.1. The van der Waals surface area contributed by atoms with Crippen LogP contribution in [0.1, 0.15) is 24.1 Å². The summed E-state index contributed by atoms with van der Waals surface area (Å²) in [7, 11) is 0. The van der Waals surface area contributed by atoms with Crippen LogP contribution in [0.15, 0.2) is 78.9 Å². The molecule has 0 fully saturated rings. The van der Waals surface area contributed by atoms with Crippen LogP contribution in [0, 0.1) is 0 Å². The SMILES string of the molecule is CCOc1ccccc1NC(=O)[C@@H](c1ccccc1)n1nnc(-c2cccc(C(F)(F)F)c2)n1. The van der Waals surface area contributed by atoms with Crippen molar-refractivity contribution in [1.29, 1.82) is 0 Å². The second kappa shape index (κ2) is 9.74. The number of benzene rings is 3. The molecule has 0 aliphatic heterocycles. The largest absolute Gasteiger partial charge is 0.492 e. The van der Waals surface area contributed by atoms with E-state index in [9.17, 15) is 18.0 Å². The zero-order valence-electron chi connectivity index (χ0n) is 18.0. The van der Waals surface area contributed by atoms with Crippen LogP contribution in [0.25, 0.3) is 11.4 Å². The Hall–Kier alpha value is -4.21. The first-order valence-corrected chi connectivity index (χ1v) is 10.4. The van der Waals surface area contributed by atoms with Crippen molar-refractivity contribution >= 4 is 11.6 Å². The van der Waals surface area contributed by atoms with E-state index in [1.807, 2.05) is 6.92 Å². The highest BCUT2D eigenvalue weighted by Gasteiger charge is 2.31. The lowest BCUT2D eigenvalue weighted by Crippen LogP contribution is -2.29. The Balaban J connectivity index is 1.69. The van der Waals surface area contributed by atoms with Gasteiger partial charge in [0.25, 0.3) is 5.91 Å². The predicted molar refractivity (Wildman–Crippen MR) is 119 cm³/mol. The highest BCUT2D eigenvalue weighted by molar-refractivity contribution is 5.96. The summed E-state index contributed by atoms with van der Waals surface area (Å²) in [4.78, 5) is 14.4. The molecule has 1 aromatic heterocycles. The van der Waals surface area contributed by atoms with Crippen molar-refractivity contribution in [3.8, 4) is 17.1 Å². The maximum Gasteiger partial charge on any atom is 0.416 e. The number of hydrogen-bond donors (Lipinski definition) is 1. The zero-order chi connectivity index (χ0) is 24.1. The Morgan fingerprint density at radius 1 is 1.03 bits per heavy atom. The van der Waals surface area contributed by atoms with E-state index in [4.69, 9.17) is 4.74 Å². The van der Waals surface area contributed by atoms with Gasteiger partial charge in [-0.15, -0.1) is 15.0 Å². The Kier molecular flexibility index (Phi) is 6.58. The van der Waals surface area contributed by atoms with E-state index < -0.39 is 23.7 Å². The zero-order valence-corrected chi connectivity index (χ0v) is 18.0. The highest BCUT2D eigenvalue weighted by atomic mass is 19.4. The van der Waals surface area contributed by atoms with E-state index in [1.165, 1.54) is 12.1 Å². The van der Waals surface area contributed by atoms with Crippen molar-refractivity contribution in [1.82, 2.24) is 20.2 Å². The van der Waals surface area contributed by atoms with E-state index in [0.29, 0.717) is 23.6 Å². The molecule has 1 N–H and O–H groups in total. The molecular weight excluding hydrogens is 447 g/mol. The van der Waals surface area contributed by atoms with Gasteiger partial charge >= 0.3 is 6.18 Å². The number of aromatic nitrogens is 4. The third-order valence-corrected chi connectivity index (χ3v) is 4.92. The monoisotopic (exact) mass is 467 g/mol. The number of alkyl halides is 3. The molecule has 4 aromatic rings. The normalized spacial score (nSPS) is 12.2. The molecule has 3 aromatic carbocycles. The van der Waals surface area contributed by atoms with E-state index in [2.05, 4.69) is 20.7 Å². The van der Waals surface area contributed by atoms with Crippen LogP contribution in [-0.2, 0) is 11.0 Å². The fourth-order valence-electron chi connectivity index (χ4n) is 3.36. The maximum atomic E-state index is 13.4. The molecule has 1 atom stereocenters. The molecule has 0 aliphatic carbocycles. The molecule has 0 bridgehead atoms. The van der Waals surface area contributed by atoms with Crippen molar-refractivity contribution in [3.05, 3.63) is 90.0 Å². The number of carbonyl (C=O) groups excluding carboxylic acids is 1. The molecular formula is C24H20F3N5O2. The van der Waals surface area contributed by atoms with Crippen molar-refractivity contribution in [2.45, 2.75) is 19.1 Å². The van der Waals surface area contributed by atoms with Gasteiger partial charge < -0.3 is 10.1 Å². The number of amides is 1. The minimum absolute atomic E-state index is 0.0328. The van der Waals surface area contributed by atoms with Gasteiger partial charge in [-0.25, -0.2) is 0 Å². The van der Waals surface area contributed by atoms with Gasteiger partial charge in [-0.3, -0.25) is 4.79 Å². The molecule has 34 heavy (non-hydrogen) atoms. The minimum Gasteiger partial charge on any atom is -0.492 e. The molecule has 10 heteroatoms. The van der Waals surface area contributed by atoms with Gasteiger partial charge in [-0.2, -0.15) is 13.2 Å². The Bertz CT molecular complexity index is 1270. The molecule has 0 saturated heterocycles. The Morgan fingerprint density at radius 3 is 2.50 bits per heavy atom. The van der Waals surface area contributed by atoms with Crippen LogP contribution >= 0.6 is 0 Å². The van der Waals surface area contributed by atoms with E-state index >= 15 is 0 Å². The Labute approximate surface area is 193 Å². The number of rotatable bonds is 7. The summed E-state index contributed by atoms with van der Waals surface area (Å²) in [5.41, 5.74) is 0.344. The molecule has 4 rings (SSSR count). The smallest absolute Gasteiger partial charge is 0.416 e. The summed E-state index contributed by atoms with van der Waals surface area (Å²) in [6.45, 7) is 2.25. The van der Waals surface area contributed by atoms with Gasteiger partial charge in [0.1, 0.15) is 5.75 Å². The first kappa shape index (κ1) is 23.0. The van der Waals surface area contributed by atoms with Crippen LogP contribution in [-0.4, -0.2) is 32.7 Å². The van der Waals surface area contributed by atoms with Crippen molar-refractivity contribution < 1.29 is 22.7 Å². The number of carbonyl (C=O) groups is 1. The molecule has 1 amide bonds. The molecule has 1 heterocycles. The first-order chi connectivity index (χ1) is 16.4. The van der Waals surface area contributed by atoms with E-state index in [0.717, 1.165) is 16.9 Å². The van der Waals surface area contributed by atoms with Crippen LogP contribution in [0.4, 0.5) is 18.9 Å². The highest BCUT2D eigenvalue weighted by Crippen LogP contribution is 2.31. The van der Waals surface area contributed by atoms with E-state index in [-0.39, 0.29) is 11.4 Å².